The van der Waals surface area contributed by atoms with Crippen LogP contribution < -0.4 is 5.32 Å². The Hall–Kier alpha value is -0.220. The van der Waals surface area contributed by atoms with Crippen LogP contribution in [0.3, 0.4) is 0 Å². The van der Waals surface area contributed by atoms with Gasteiger partial charge in [-0.05, 0) is 32.2 Å². The van der Waals surface area contributed by atoms with Crippen molar-refractivity contribution in [1.29, 1.82) is 0 Å². The van der Waals surface area contributed by atoms with Crippen molar-refractivity contribution in [3.63, 3.8) is 0 Å². The Morgan fingerprint density at radius 2 is 2.13 bits per heavy atom. The molecule has 0 aliphatic heterocycles. The Labute approximate surface area is 90.4 Å². The molecule has 15 heavy (non-hydrogen) atoms. The highest BCUT2D eigenvalue weighted by atomic mass is 19.3. The smallest absolute Gasteiger partial charge is 0.261 e. The van der Waals surface area contributed by atoms with E-state index in [1.54, 1.807) is 0 Å². The van der Waals surface area contributed by atoms with Gasteiger partial charge in [0.2, 0.25) is 0 Å². The zero-order valence-corrected chi connectivity index (χ0v) is 9.51. The van der Waals surface area contributed by atoms with Crippen molar-refractivity contribution < 1.29 is 13.5 Å². The number of hydrogen-bond acceptors (Lipinski definition) is 2. The van der Waals surface area contributed by atoms with E-state index in [0.29, 0.717) is 5.92 Å². The zero-order valence-electron chi connectivity index (χ0n) is 9.51. The van der Waals surface area contributed by atoms with Crippen molar-refractivity contribution in [2.45, 2.75) is 51.2 Å². The zero-order chi connectivity index (χ0) is 11.3. The second-order valence-corrected chi connectivity index (χ2v) is 4.25. The summed E-state index contributed by atoms with van der Waals surface area (Å²) < 4.78 is 29.4. The Morgan fingerprint density at radius 1 is 1.40 bits per heavy atom. The third-order valence-corrected chi connectivity index (χ3v) is 3.28. The summed E-state index contributed by atoms with van der Waals surface area (Å²) in [6.07, 6.45) is 1.84. The fourth-order valence-corrected chi connectivity index (χ4v) is 2.29. The van der Waals surface area contributed by atoms with Crippen LogP contribution in [0.25, 0.3) is 0 Å². The third-order valence-electron chi connectivity index (χ3n) is 3.28. The van der Waals surface area contributed by atoms with E-state index in [4.69, 9.17) is 4.74 Å². The molecule has 0 aromatic carbocycles. The van der Waals surface area contributed by atoms with Gasteiger partial charge >= 0.3 is 0 Å². The monoisotopic (exact) mass is 221 g/mol. The Balaban J connectivity index is 2.40. The lowest BCUT2D eigenvalue weighted by molar-refractivity contribution is -0.0574. The van der Waals surface area contributed by atoms with Gasteiger partial charge in [-0.15, -0.1) is 0 Å². The molecule has 0 saturated heterocycles. The van der Waals surface area contributed by atoms with Crippen molar-refractivity contribution in [2.75, 3.05) is 13.7 Å². The van der Waals surface area contributed by atoms with E-state index in [1.165, 1.54) is 6.42 Å². The van der Waals surface area contributed by atoms with E-state index in [2.05, 4.69) is 12.2 Å². The fourth-order valence-electron chi connectivity index (χ4n) is 2.29. The first-order chi connectivity index (χ1) is 7.17. The third kappa shape index (κ3) is 4.03. The van der Waals surface area contributed by atoms with Gasteiger partial charge in [-0.1, -0.05) is 13.3 Å². The maximum absolute atomic E-state index is 12.1. The van der Waals surface area contributed by atoms with Crippen molar-refractivity contribution in [2.24, 2.45) is 5.92 Å². The summed E-state index contributed by atoms with van der Waals surface area (Å²) in [5.74, 6) is 0.636. The second kappa shape index (κ2) is 6.38. The minimum Gasteiger partial charge on any atom is -0.371 e. The first-order valence-electron chi connectivity index (χ1n) is 5.74. The first kappa shape index (κ1) is 12.8. The van der Waals surface area contributed by atoms with Crippen LogP contribution in [-0.2, 0) is 4.74 Å². The summed E-state index contributed by atoms with van der Waals surface area (Å²) in [6.45, 7) is 1.72. The summed E-state index contributed by atoms with van der Waals surface area (Å²) in [6, 6.07) is 0.242. The minimum atomic E-state index is -2.36. The number of alkyl halides is 2. The van der Waals surface area contributed by atoms with Gasteiger partial charge in [0.05, 0.1) is 6.10 Å². The van der Waals surface area contributed by atoms with Crippen LogP contribution in [0.5, 0.6) is 0 Å². The number of halogens is 2. The second-order valence-electron chi connectivity index (χ2n) is 4.25. The lowest BCUT2D eigenvalue weighted by Crippen LogP contribution is -2.44. The highest BCUT2D eigenvalue weighted by Gasteiger charge is 2.29. The lowest BCUT2D eigenvalue weighted by Gasteiger charge is -2.35. The van der Waals surface area contributed by atoms with Gasteiger partial charge in [-0.25, -0.2) is 8.78 Å². The van der Waals surface area contributed by atoms with E-state index in [0.717, 1.165) is 19.3 Å². The molecule has 1 saturated carbocycles. The predicted molar refractivity (Wildman–Crippen MR) is 56.2 cm³/mol. The molecule has 3 atom stereocenters. The Bertz CT molecular complexity index is 178. The average Bonchev–Trinajstić information content (AvgIpc) is 2.25. The molecule has 0 bridgehead atoms. The number of hydrogen-bond donors (Lipinski definition) is 1. The molecule has 1 aliphatic rings. The van der Waals surface area contributed by atoms with E-state index < -0.39 is 13.0 Å². The number of rotatable bonds is 5. The normalized spacial score (nSPS) is 32.2. The largest absolute Gasteiger partial charge is 0.371 e. The average molecular weight is 221 g/mol. The van der Waals surface area contributed by atoms with Crippen LogP contribution in [0.1, 0.15) is 32.6 Å². The molecule has 0 spiro atoms. The van der Waals surface area contributed by atoms with Crippen molar-refractivity contribution >= 4 is 0 Å². The molecule has 2 nitrogen and oxygen atoms in total. The molecule has 4 heteroatoms. The molecule has 1 rings (SSSR count). The highest BCUT2D eigenvalue weighted by Crippen LogP contribution is 2.28. The molecule has 3 unspecified atom stereocenters. The maximum atomic E-state index is 12.1. The maximum Gasteiger partial charge on any atom is 0.261 e. The first-order valence-corrected chi connectivity index (χ1v) is 5.74. The molecule has 1 N–H and O–H groups in total. The van der Waals surface area contributed by atoms with E-state index in [9.17, 15) is 8.78 Å². The molecule has 0 aromatic rings. The predicted octanol–water partition coefficient (Wildman–Crippen LogP) is 2.43. The summed E-state index contributed by atoms with van der Waals surface area (Å²) >= 11 is 0. The molecule has 0 amide bonds. The van der Waals surface area contributed by atoms with Crippen LogP contribution in [0.2, 0.25) is 0 Å². The molecule has 0 radical (unpaired) electrons. The van der Waals surface area contributed by atoms with Gasteiger partial charge in [-0.2, -0.15) is 0 Å². The van der Waals surface area contributed by atoms with Crippen LogP contribution in [-0.4, -0.2) is 32.2 Å². The van der Waals surface area contributed by atoms with Crippen LogP contribution in [0.4, 0.5) is 8.78 Å². The molecular formula is C11H21F2NO. The molecular weight excluding hydrogens is 200 g/mol. The summed E-state index contributed by atoms with van der Waals surface area (Å²) in [7, 11) is 1.87. The Kier molecular flexibility index (Phi) is 5.47. The summed E-state index contributed by atoms with van der Waals surface area (Å²) in [5, 5.41) is 3.15. The van der Waals surface area contributed by atoms with Gasteiger partial charge in [0, 0.05) is 6.04 Å². The van der Waals surface area contributed by atoms with E-state index >= 15 is 0 Å². The lowest BCUT2D eigenvalue weighted by atomic mass is 9.82. The quantitative estimate of drug-likeness (QED) is 0.770. The molecule has 1 fully saturated rings. The van der Waals surface area contributed by atoms with Crippen molar-refractivity contribution in [3.8, 4) is 0 Å². The van der Waals surface area contributed by atoms with Gasteiger partial charge in [0.15, 0.2) is 0 Å². The van der Waals surface area contributed by atoms with Crippen molar-refractivity contribution in [1.82, 2.24) is 5.32 Å². The van der Waals surface area contributed by atoms with Crippen LogP contribution in [0, 0.1) is 5.92 Å². The molecule has 0 heterocycles. The van der Waals surface area contributed by atoms with Gasteiger partial charge in [-0.3, -0.25) is 0 Å². The molecule has 0 aromatic heterocycles. The number of ether oxygens (including phenoxy) is 1. The van der Waals surface area contributed by atoms with Crippen molar-refractivity contribution in [3.05, 3.63) is 0 Å². The SMILES string of the molecule is CCC1CCC(NC)C(OCC(F)F)C1. The molecule has 1 aliphatic carbocycles. The minimum absolute atomic E-state index is 0.0392. The van der Waals surface area contributed by atoms with Gasteiger partial charge < -0.3 is 10.1 Å². The highest BCUT2D eigenvalue weighted by molar-refractivity contribution is 4.84. The fraction of sp³-hybridized carbons (Fsp3) is 1.00. The number of nitrogens with one attached hydrogen (secondary N) is 1. The molecule has 90 valence electrons. The van der Waals surface area contributed by atoms with Crippen LogP contribution in [0.15, 0.2) is 0 Å². The summed E-state index contributed by atoms with van der Waals surface area (Å²) in [4.78, 5) is 0. The summed E-state index contributed by atoms with van der Waals surface area (Å²) in [5.41, 5.74) is 0. The van der Waals surface area contributed by atoms with Gasteiger partial charge in [0.1, 0.15) is 6.61 Å². The standard InChI is InChI=1S/C11H21F2NO/c1-3-8-4-5-9(14-2)10(6-8)15-7-11(12)13/h8-11,14H,3-7H2,1-2H3. The van der Waals surface area contributed by atoms with Gasteiger partial charge in [0.25, 0.3) is 6.43 Å². The topological polar surface area (TPSA) is 21.3 Å². The van der Waals surface area contributed by atoms with E-state index in [1.807, 2.05) is 7.05 Å². The van der Waals surface area contributed by atoms with Crippen LogP contribution >= 0.6 is 0 Å². The van der Waals surface area contributed by atoms with E-state index in [-0.39, 0.29) is 12.1 Å². The number of likely N-dealkylation sites (N-methyl/N-ethyl adjacent to an activating group) is 1. The Morgan fingerprint density at radius 3 is 2.67 bits per heavy atom.